The molecule has 0 amide bonds. The van der Waals surface area contributed by atoms with Crippen molar-refractivity contribution in [1.82, 2.24) is 0 Å². The van der Waals surface area contributed by atoms with Crippen LogP contribution in [-0.2, 0) is 11.3 Å². The number of benzene rings is 1. The Balaban J connectivity index is 1.91. The summed E-state index contributed by atoms with van der Waals surface area (Å²) in [5.41, 5.74) is 0.525. The van der Waals surface area contributed by atoms with E-state index in [-0.39, 0.29) is 12.4 Å². The van der Waals surface area contributed by atoms with Crippen LogP contribution >= 0.6 is 22.9 Å². The zero-order chi connectivity index (χ0) is 13.7. The second-order valence-corrected chi connectivity index (χ2v) is 5.28. The molecule has 0 atom stereocenters. The number of hydrogen-bond acceptors (Lipinski definition) is 4. The van der Waals surface area contributed by atoms with E-state index in [2.05, 4.69) is 0 Å². The van der Waals surface area contributed by atoms with Gasteiger partial charge in [0.2, 0.25) is 0 Å². The molecular formula is C14H13ClO3S. The number of ketones is 1. The lowest BCUT2D eigenvalue weighted by atomic mass is 10.1. The van der Waals surface area contributed by atoms with Gasteiger partial charge in [-0.25, -0.2) is 0 Å². The second-order valence-electron chi connectivity index (χ2n) is 3.84. The SMILES string of the molecule is COc1ccc(C(=O)COCc2cccs2)cc1Cl. The molecule has 1 heterocycles. The van der Waals surface area contributed by atoms with Crippen LogP contribution in [0.2, 0.25) is 5.02 Å². The van der Waals surface area contributed by atoms with E-state index in [0.717, 1.165) is 4.88 Å². The van der Waals surface area contributed by atoms with Crippen LogP contribution in [-0.4, -0.2) is 19.5 Å². The van der Waals surface area contributed by atoms with Crippen molar-refractivity contribution in [2.75, 3.05) is 13.7 Å². The van der Waals surface area contributed by atoms with Crippen LogP contribution in [0.5, 0.6) is 5.75 Å². The van der Waals surface area contributed by atoms with Gasteiger partial charge >= 0.3 is 0 Å². The second kappa shape index (κ2) is 6.70. The van der Waals surface area contributed by atoms with Crippen molar-refractivity contribution in [2.24, 2.45) is 0 Å². The maximum absolute atomic E-state index is 11.9. The van der Waals surface area contributed by atoms with Crippen molar-refractivity contribution in [3.63, 3.8) is 0 Å². The van der Waals surface area contributed by atoms with E-state index >= 15 is 0 Å². The zero-order valence-electron chi connectivity index (χ0n) is 10.4. The van der Waals surface area contributed by atoms with Crippen LogP contribution in [0, 0.1) is 0 Å². The van der Waals surface area contributed by atoms with E-state index in [1.165, 1.54) is 7.11 Å². The van der Waals surface area contributed by atoms with E-state index in [4.69, 9.17) is 21.1 Å². The third kappa shape index (κ3) is 3.80. The molecule has 0 aliphatic carbocycles. The molecule has 2 rings (SSSR count). The van der Waals surface area contributed by atoms with Gasteiger partial charge < -0.3 is 9.47 Å². The lowest BCUT2D eigenvalue weighted by molar-refractivity contribution is 0.0731. The molecule has 5 heteroatoms. The lowest BCUT2D eigenvalue weighted by Gasteiger charge is -2.06. The van der Waals surface area contributed by atoms with Crippen LogP contribution in [0.4, 0.5) is 0 Å². The topological polar surface area (TPSA) is 35.5 Å². The fraction of sp³-hybridized carbons (Fsp3) is 0.214. The van der Waals surface area contributed by atoms with Gasteiger partial charge in [0.05, 0.1) is 18.7 Å². The molecule has 0 fully saturated rings. The predicted octanol–water partition coefficient (Wildman–Crippen LogP) is 3.81. The molecule has 0 radical (unpaired) electrons. The molecule has 1 aromatic heterocycles. The molecule has 1 aromatic carbocycles. The van der Waals surface area contributed by atoms with Crippen molar-refractivity contribution >= 4 is 28.7 Å². The van der Waals surface area contributed by atoms with Gasteiger partial charge in [-0.15, -0.1) is 11.3 Å². The molecule has 0 unspecified atom stereocenters. The summed E-state index contributed by atoms with van der Waals surface area (Å²) in [4.78, 5) is 13.0. The number of Topliss-reactive ketones (excluding diaryl/α,β-unsaturated/α-hetero) is 1. The van der Waals surface area contributed by atoms with E-state index in [9.17, 15) is 4.79 Å². The van der Waals surface area contributed by atoms with Gasteiger partial charge in [0, 0.05) is 10.4 Å². The maximum Gasteiger partial charge on any atom is 0.188 e. The Labute approximate surface area is 120 Å². The molecule has 0 saturated heterocycles. The molecule has 100 valence electrons. The number of thiophene rings is 1. The van der Waals surface area contributed by atoms with E-state index in [1.807, 2.05) is 17.5 Å². The highest BCUT2D eigenvalue weighted by Crippen LogP contribution is 2.25. The Morgan fingerprint density at radius 2 is 2.21 bits per heavy atom. The lowest BCUT2D eigenvalue weighted by Crippen LogP contribution is -2.08. The number of ether oxygens (including phenoxy) is 2. The first kappa shape index (κ1) is 14.1. The van der Waals surface area contributed by atoms with Crippen molar-refractivity contribution in [3.05, 3.63) is 51.2 Å². The first-order valence-electron chi connectivity index (χ1n) is 5.67. The summed E-state index contributed by atoms with van der Waals surface area (Å²) >= 11 is 7.58. The summed E-state index contributed by atoms with van der Waals surface area (Å²) in [6.07, 6.45) is 0. The first-order valence-corrected chi connectivity index (χ1v) is 6.93. The first-order chi connectivity index (χ1) is 9.20. The Kier molecular flexibility index (Phi) is 4.96. The molecule has 0 spiro atoms. The van der Waals surface area contributed by atoms with Crippen LogP contribution in [0.3, 0.4) is 0 Å². The van der Waals surface area contributed by atoms with Gasteiger partial charge in [-0.2, -0.15) is 0 Å². The number of hydrogen-bond donors (Lipinski definition) is 0. The number of methoxy groups -OCH3 is 1. The Hall–Kier alpha value is -1.36. The number of rotatable bonds is 6. The molecular weight excluding hydrogens is 284 g/mol. The largest absolute Gasteiger partial charge is 0.495 e. The van der Waals surface area contributed by atoms with Gasteiger partial charge in [0.15, 0.2) is 5.78 Å². The molecule has 0 N–H and O–H groups in total. The Morgan fingerprint density at radius 1 is 1.37 bits per heavy atom. The van der Waals surface area contributed by atoms with Crippen LogP contribution in [0.25, 0.3) is 0 Å². The summed E-state index contributed by atoms with van der Waals surface area (Å²) in [5.74, 6) is 0.457. The molecule has 2 aromatic rings. The number of carbonyl (C=O) groups excluding carboxylic acids is 1. The van der Waals surface area contributed by atoms with Gasteiger partial charge in [-0.3, -0.25) is 4.79 Å². The summed E-state index contributed by atoms with van der Waals surface area (Å²) in [5, 5.41) is 2.40. The van der Waals surface area contributed by atoms with Gasteiger partial charge in [-0.05, 0) is 29.6 Å². The average Bonchev–Trinajstić information content (AvgIpc) is 2.91. The quantitative estimate of drug-likeness (QED) is 0.760. The smallest absolute Gasteiger partial charge is 0.188 e. The van der Waals surface area contributed by atoms with Crippen molar-refractivity contribution < 1.29 is 14.3 Å². The van der Waals surface area contributed by atoms with Crippen molar-refractivity contribution in [1.29, 1.82) is 0 Å². The fourth-order valence-electron chi connectivity index (χ4n) is 1.56. The monoisotopic (exact) mass is 296 g/mol. The van der Waals surface area contributed by atoms with Gasteiger partial charge in [-0.1, -0.05) is 17.7 Å². The normalized spacial score (nSPS) is 10.4. The number of carbonyl (C=O) groups is 1. The minimum atomic E-state index is -0.0962. The molecule has 19 heavy (non-hydrogen) atoms. The predicted molar refractivity (Wildman–Crippen MR) is 76.3 cm³/mol. The standard InChI is InChI=1S/C14H13ClO3S/c1-17-14-5-4-10(7-12(14)15)13(16)9-18-8-11-3-2-6-19-11/h2-7H,8-9H2,1H3. The van der Waals surface area contributed by atoms with Crippen LogP contribution in [0.15, 0.2) is 35.7 Å². The van der Waals surface area contributed by atoms with Crippen molar-refractivity contribution in [3.8, 4) is 5.75 Å². The highest BCUT2D eigenvalue weighted by Gasteiger charge is 2.09. The third-order valence-corrected chi connectivity index (χ3v) is 3.68. The molecule has 0 saturated carbocycles. The maximum atomic E-state index is 11.9. The minimum Gasteiger partial charge on any atom is -0.495 e. The van der Waals surface area contributed by atoms with Gasteiger partial charge in [0.25, 0.3) is 0 Å². The average molecular weight is 297 g/mol. The molecule has 3 nitrogen and oxygen atoms in total. The fourth-order valence-corrected chi connectivity index (χ4v) is 2.46. The Morgan fingerprint density at radius 3 is 2.84 bits per heavy atom. The summed E-state index contributed by atoms with van der Waals surface area (Å²) in [6.45, 7) is 0.494. The zero-order valence-corrected chi connectivity index (χ0v) is 12.0. The molecule has 0 aliphatic heterocycles. The highest BCUT2D eigenvalue weighted by atomic mass is 35.5. The Bertz CT molecular complexity index is 552. The summed E-state index contributed by atoms with van der Waals surface area (Å²) < 4.78 is 10.4. The van der Waals surface area contributed by atoms with E-state index in [1.54, 1.807) is 29.5 Å². The van der Waals surface area contributed by atoms with Crippen LogP contribution < -0.4 is 4.74 Å². The van der Waals surface area contributed by atoms with Gasteiger partial charge in [0.1, 0.15) is 12.4 Å². The highest BCUT2D eigenvalue weighted by molar-refractivity contribution is 7.09. The third-order valence-electron chi connectivity index (χ3n) is 2.53. The minimum absolute atomic E-state index is 0.0422. The number of halogens is 1. The summed E-state index contributed by atoms with van der Waals surface area (Å²) in [6, 6.07) is 8.88. The van der Waals surface area contributed by atoms with Crippen molar-refractivity contribution in [2.45, 2.75) is 6.61 Å². The summed E-state index contributed by atoms with van der Waals surface area (Å²) in [7, 11) is 1.53. The molecule has 0 aliphatic rings. The van der Waals surface area contributed by atoms with E-state index in [0.29, 0.717) is 22.9 Å². The molecule has 0 bridgehead atoms. The van der Waals surface area contributed by atoms with Crippen LogP contribution in [0.1, 0.15) is 15.2 Å². The van der Waals surface area contributed by atoms with E-state index < -0.39 is 0 Å².